The van der Waals surface area contributed by atoms with E-state index in [9.17, 15) is 5.11 Å². The third-order valence-electron chi connectivity index (χ3n) is 4.33. The molecule has 1 heterocycles. The molecule has 1 aromatic heterocycles. The van der Waals surface area contributed by atoms with Crippen LogP contribution in [0, 0.1) is 0 Å². The van der Waals surface area contributed by atoms with Crippen LogP contribution >= 0.6 is 0 Å². The summed E-state index contributed by atoms with van der Waals surface area (Å²) >= 11 is 0. The molecule has 0 aliphatic rings. The Hall–Kier alpha value is -2.53. The molecule has 0 fully saturated rings. The summed E-state index contributed by atoms with van der Waals surface area (Å²) < 4.78 is 9.76. The van der Waals surface area contributed by atoms with Crippen molar-refractivity contribution in [2.45, 2.75) is 39.0 Å². The second-order valence-corrected chi connectivity index (χ2v) is 6.24. The SMILES string of the molecule is CCCCn1c(N)[n+](C[C@H](O)COc2ccccc2)c2ccccc21. The quantitative estimate of drug-likeness (QED) is 0.620. The fourth-order valence-corrected chi connectivity index (χ4v) is 3.03. The normalized spacial score (nSPS) is 12.4. The molecule has 0 unspecified atom stereocenters. The van der Waals surface area contributed by atoms with Crippen molar-refractivity contribution < 1.29 is 14.4 Å². The Morgan fingerprint density at radius 3 is 2.60 bits per heavy atom. The number of aromatic nitrogens is 2. The van der Waals surface area contributed by atoms with E-state index in [1.807, 2.05) is 53.1 Å². The average Bonchev–Trinajstić information content (AvgIpc) is 2.91. The summed E-state index contributed by atoms with van der Waals surface area (Å²) in [7, 11) is 0. The van der Waals surface area contributed by atoms with Gasteiger partial charge < -0.3 is 9.84 Å². The minimum absolute atomic E-state index is 0.227. The van der Waals surface area contributed by atoms with Crippen LogP contribution in [0.15, 0.2) is 54.6 Å². The lowest BCUT2D eigenvalue weighted by molar-refractivity contribution is -0.665. The van der Waals surface area contributed by atoms with E-state index < -0.39 is 6.10 Å². The number of para-hydroxylation sites is 3. The van der Waals surface area contributed by atoms with Crippen LogP contribution in [0.1, 0.15) is 19.8 Å². The maximum Gasteiger partial charge on any atom is 0.356 e. The van der Waals surface area contributed by atoms with Crippen molar-refractivity contribution in [3.8, 4) is 5.75 Å². The van der Waals surface area contributed by atoms with E-state index in [1.165, 1.54) is 0 Å². The number of unbranched alkanes of at least 4 members (excludes halogenated alkanes) is 1. The Morgan fingerprint density at radius 2 is 1.84 bits per heavy atom. The number of hydrogen-bond acceptors (Lipinski definition) is 3. The lowest BCUT2D eigenvalue weighted by atomic mass is 10.3. The van der Waals surface area contributed by atoms with Gasteiger partial charge in [-0.2, -0.15) is 0 Å². The van der Waals surface area contributed by atoms with Gasteiger partial charge in [0.05, 0.1) is 6.54 Å². The topological polar surface area (TPSA) is 64.3 Å². The summed E-state index contributed by atoms with van der Waals surface area (Å²) in [6.07, 6.45) is 1.54. The van der Waals surface area contributed by atoms with E-state index in [1.54, 1.807) is 0 Å². The summed E-state index contributed by atoms with van der Waals surface area (Å²) in [5.41, 5.74) is 8.52. The molecule has 1 atom stereocenters. The van der Waals surface area contributed by atoms with Crippen molar-refractivity contribution in [2.75, 3.05) is 12.3 Å². The molecule has 0 amide bonds. The van der Waals surface area contributed by atoms with E-state index in [2.05, 4.69) is 17.6 Å². The lowest BCUT2D eigenvalue weighted by Gasteiger charge is -2.12. The number of aliphatic hydroxyl groups is 1. The smallest absolute Gasteiger partial charge is 0.356 e. The van der Waals surface area contributed by atoms with Gasteiger partial charge in [0.1, 0.15) is 36.0 Å². The number of imidazole rings is 1. The molecule has 3 rings (SSSR count). The summed E-state index contributed by atoms with van der Waals surface area (Å²) in [4.78, 5) is 0. The maximum absolute atomic E-state index is 10.4. The number of nitrogens with two attached hydrogens (primary N) is 1. The summed E-state index contributed by atoms with van der Waals surface area (Å²) in [6, 6.07) is 17.6. The number of aliphatic hydroxyl groups excluding tert-OH is 1. The highest BCUT2D eigenvalue weighted by Gasteiger charge is 2.22. The summed E-state index contributed by atoms with van der Waals surface area (Å²) in [5, 5.41) is 10.4. The number of benzene rings is 2. The van der Waals surface area contributed by atoms with Gasteiger partial charge in [0, 0.05) is 0 Å². The van der Waals surface area contributed by atoms with Crippen LogP contribution < -0.4 is 15.0 Å². The molecule has 3 N–H and O–H groups in total. The Labute approximate surface area is 148 Å². The number of rotatable bonds is 8. The summed E-state index contributed by atoms with van der Waals surface area (Å²) in [6.45, 7) is 3.68. The molecule has 5 nitrogen and oxygen atoms in total. The van der Waals surface area contributed by atoms with Gasteiger partial charge in [-0.05, 0) is 30.7 Å². The fourth-order valence-electron chi connectivity index (χ4n) is 3.03. The second kappa shape index (κ2) is 8.03. The zero-order chi connectivity index (χ0) is 17.6. The number of ether oxygens (including phenoxy) is 1. The lowest BCUT2D eigenvalue weighted by Crippen LogP contribution is -2.43. The number of nitrogen functional groups attached to an aromatic ring is 1. The van der Waals surface area contributed by atoms with Crippen molar-refractivity contribution in [3.63, 3.8) is 0 Å². The number of anilines is 1. The third kappa shape index (κ3) is 3.94. The van der Waals surface area contributed by atoms with Crippen molar-refractivity contribution in [2.24, 2.45) is 0 Å². The number of nitrogens with zero attached hydrogens (tertiary/aromatic N) is 2. The second-order valence-electron chi connectivity index (χ2n) is 6.24. The van der Waals surface area contributed by atoms with Gasteiger partial charge in [-0.3, -0.25) is 5.73 Å². The molecule has 132 valence electrons. The number of aryl methyl sites for hydroxylation is 1. The molecule has 0 saturated carbocycles. The van der Waals surface area contributed by atoms with E-state index in [0.717, 1.165) is 36.2 Å². The Balaban J connectivity index is 1.77. The largest absolute Gasteiger partial charge is 0.491 e. The minimum atomic E-state index is -0.641. The maximum atomic E-state index is 10.4. The Kier molecular flexibility index (Phi) is 5.56. The van der Waals surface area contributed by atoms with E-state index in [-0.39, 0.29) is 6.61 Å². The van der Waals surface area contributed by atoms with E-state index in [4.69, 9.17) is 10.5 Å². The molecular weight excluding hydrogens is 314 g/mol. The van der Waals surface area contributed by atoms with Gasteiger partial charge >= 0.3 is 5.95 Å². The number of hydrogen-bond donors (Lipinski definition) is 2. The van der Waals surface area contributed by atoms with Gasteiger partial charge in [-0.1, -0.05) is 43.7 Å². The predicted molar refractivity (Wildman–Crippen MR) is 99.4 cm³/mol. The molecule has 0 saturated heterocycles. The van der Waals surface area contributed by atoms with E-state index in [0.29, 0.717) is 12.5 Å². The molecule has 3 aromatic rings. The molecule has 25 heavy (non-hydrogen) atoms. The highest BCUT2D eigenvalue weighted by Crippen LogP contribution is 2.17. The standard InChI is InChI=1S/C20H25N3O2/c1-2-3-13-22-18-11-7-8-12-19(18)23(20(22)21)14-16(24)15-25-17-9-5-4-6-10-17/h4-12,16,21,24H,2-3,13-15H2,1H3/p+1/t16-/m0/s1. The first-order chi connectivity index (χ1) is 12.2. The fraction of sp³-hybridized carbons (Fsp3) is 0.350. The van der Waals surface area contributed by atoms with Gasteiger partial charge in [0.2, 0.25) is 0 Å². The van der Waals surface area contributed by atoms with Crippen molar-refractivity contribution >= 4 is 17.0 Å². The Morgan fingerprint density at radius 1 is 1.12 bits per heavy atom. The average molecular weight is 340 g/mol. The third-order valence-corrected chi connectivity index (χ3v) is 4.33. The highest BCUT2D eigenvalue weighted by molar-refractivity contribution is 5.73. The molecule has 0 aliphatic carbocycles. The molecular formula is C20H26N3O2+. The van der Waals surface area contributed by atoms with Crippen LogP contribution in [0.4, 0.5) is 5.95 Å². The van der Waals surface area contributed by atoms with Crippen LogP contribution in [0.25, 0.3) is 11.0 Å². The van der Waals surface area contributed by atoms with Crippen molar-refractivity contribution in [1.29, 1.82) is 0 Å². The first-order valence-electron chi connectivity index (χ1n) is 8.83. The summed E-state index contributed by atoms with van der Waals surface area (Å²) in [5.74, 6) is 1.43. The molecule has 0 radical (unpaired) electrons. The van der Waals surface area contributed by atoms with Gasteiger partial charge in [0.15, 0.2) is 0 Å². The molecule has 5 heteroatoms. The molecule has 2 aromatic carbocycles. The van der Waals surface area contributed by atoms with Crippen molar-refractivity contribution in [3.05, 3.63) is 54.6 Å². The first-order valence-corrected chi connectivity index (χ1v) is 8.83. The van der Waals surface area contributed by atoms with Crippen LogP contribution in [0.5, 0.6) is 5.75 Å². The number of fused-ring (bicyclic) bond motifs is 1. The minimum Gasteiger partial charge on any atom is -0.491 e. The van der Waals surface area contributed by atoms with Crippen LogP contribution in [0.3, 0.4) is 0 Å². The molecule has 0 aliphatic heterocycles. The predicted octanol–water partition coefficient (Wildman–Crippen LogP) is 2.75. The Bertz CT molecular complexity index is 814. The van der Waals surface area contributed by atoms with Gasteiger partial charge in [-0.15, -0.1) is 0 Å². The van der Waals surface area contributed by atoms with Crippen molar-refractivity contribution in [1.82, 2.24) is 4.57 Å². The van der Waals surface area contributed by atoms with Crippen LogP contribution in [0.2, 0.25) is 0 Å². The molecule has 0 spiro atoms. The zero-order valence-electron chi connectivity index (χ0n) is 14.6. The van der Waals surface area contributed by atoms with Crippen LogP contribution in [-0.4, -0.2) is 22.4 Å². The molecule has 0 bridgehead atoms. The van der Waals surface area contributed by atoms with Gasteiger partial charge in [0.25, 0.3) is 0 Å². The zero-order valence-corrected chi connectivity index (χ0v) is 14.6. The van der Waals surface area contributed by atoms with E-state index >= 15 is 0 Å². The van der Waals surface area contributed by atoms with Crippen LogP contribution in [-0.2, 0) is 13.1 Å². The highest BCUT2D eigenvalue weighted by atomic mass is 16.5. The monoisotopic (exact) mass is 340 g/mol. The first kappa shape index (κ1) is 17.3. The van der Waals surface area contributed by atoms with Gasteiger partial charge in [-0.25, -0.2) is 9.13 Å².